The van der Waals surface area contributed by atoms with Crippen molar-refractivity contribution in [1.82, 2.24) is 15.4 Å². The number of rotatable bonds is 5. The molecule has 3 rings (SSSR count). The van der Waals surface area contributed by atoms with Gasteiger partial charge in [0, 0.05) is 17.8 Å². The number of aliphatic imine (C=N–C) groups is 1. The second-order valence-electron chi connectivity index (χ2n) is 6.48. The van der Waals surface area contributed by atoms with Gasteiger partial charge in [0.2, 0.25) is 0 Å². The molecule has 7 nitrogen and oxygen atoms in total. The summed E-state index contributed by atoms with van der Waals surface area (Å²) in [6, 6.07) is -0.743. The Balaban J connectivity index is 1.78. The van der Waals surface area contributed by atoms with Crippen LogP contribution in [-0.2, 0) is 9.63 Å². The van der Waals surface area contributed by atoms with Gasteiger partial charge in [-0.05, 0) is 19.3 Å². The molecule has 1 fully saturated rings. The fourth-order valence-corrected chi connectivity index (χ4v) is 3.70. The lowest BCUT2D eigenvalue weighted by Crippen LogP contribution is -2.33. The molecule has 0 aromatic carbocycles. The number of amidine groups is 1. The van der Waals surface area contributed by atoms with Gasteiger partial charge in [-0.25, -0.2) is 19.9 Å². The molecule has 2 N–H and O–H groups in total. The van der Waals surface area contributed by atoms with Gasteiger partial charge in [-0.2, -0.15) is 0 Å². The number of carboxylic acids is 1. The van der Waals surface area contributed by atoms with Crippen LogP contribution < -0.4 is 5.32 Å². The largest absolute Gasteiger partial charge is 0.480 e. The van der Waals surface area contributed by atoms with Crippen LogP contribution in [0.5, 0.6) is 0 Å². The molecule has 0 aliphatic carbocycles. The summed E-state index contributed by atoms with van der Waals surface area (Å²) < 4.78 is 0. The number of thiazole rings is 1. The molecule has 4 atom stereocenters. The summed E-state index contributed by atoms with van der Waals surface area (Å²) in [6.07, 6.45) is 0.117. The molecule has 0 amide bonds. The molecule has 126 valence electrons. The van der Waals surface area contributed by atoms with E-state index in [1.807, 2.05) is 17.4 Å². The van der Waals surface area contributed by atoms with Gasteiger partial charge in [0.25, 0.3) is 0 Å². The Morgan fingerprint density at radius 3 is 3.00 bits per heavy atom. The minimum absolute atomic E-state index is 0.0506. The highest BCUT2D eigenvalue weighted by Crippen LogP contribution is 2.38. The second kappa shape index (κ2) is 6.54. The Morgan fingerprint density at radius 2 is 2.39 bits per heavy atom. The van der Waals surface area contributed by atoms with E-state index in [0.717, 1.165) is 18.1 Å². The maximum atomic E-state index is 11.4. The van der Waals surface area contributed by atoms with Gasteiger partial charge < -0.3 is 5.11 Å². The third-order valence-electron chi connectivity index (χ3n) is 4.19. The number of carboxylic acid groups (broad SMARTS) is 1. The zero-order chi connectivity index (χ0) is 16.6. The van der Waals surface area contributed by atoms with Crippen molar-refractivity contribution in [2.45, 2.75) is 45.5 Å². The van der Waals surface area contributed by atoms with Crippen LogP contribution >= 0.6 is 11.3 Å². The van der Waals surface area contributed by atoms with E-state index >= 15 is 0 Å². The standard InChI is InChI=1S/C15H22N4O3S/c1-8(2)5-19-9(3)17-14(22-19)10-4-11(15(20)21)18-13(10)12-6-23-7-16-12/h6-8,10-11,13-14,18H,4-5H2,1-3H3,(H,20,21)/t10-,11+,13-,14?/m1/s1. The molecule has 3 heterocycles. The average molecular weight is 338 g/mol. The summed E-state index contributed by atoms with van der Waals surface area (Å²) >= 11 is 1.50. The normalized spacial score (nSPS) is 31.0. The maximum absolute atomic E-state index is 11.4. The van der Waals surface area contributed by atoms with Crippen molar-refractivity contribution in [2.24, 2.45) is 16.8 Å². The molecular formula is C15H22N4O3S. The number of hydrogen-bond donors (Lipinski definition) is 2. The molecule has 1 saturated heterocycles. The van der Waals surface area contributed by atoms with E-state index in [4.69, 9.17) is 4.84 Å². The Bertz CT molecular complexity index is 590. The molecule has 2 aliphatic rings. The van der Waals surface area contributed by atoms with E-state index in [2.05, 4.69) is 29.1 Å². The Hall–Kier alpha value is -1.51. The number of aliphatic carboxylic acids is 1. The van der Waals surface area contributed by atoms with Gasteiger partial charge in [0.05, 0.1) is 17.2 Å². The van der Waals surface area contributed by atoms with Crippen molar-refractivity contribution in [1.29, 1.82) is 0 Å². The summed E-state index contributed by atoms with van der Waals surface area (Å²) in [5.74, 6) is 0.414. The maximum Gasteiger partial charge on any atom is 0.320 e. The van der Waals surface area contributed by atoms with E-state index in [9.17, 15) is 9.90 Å². The molecule has 0 radical (unpaired) electrons. The van der Waals surface area contributed by atoms with Crippen molar-refractivity contribution < 1.29 is 14.7 Å². The topological polar surface area (TPSA) is 87.0 Å². The van der Waals surface area contributed by atoms with Crippen LogP contribution in [0.1, 0.15) is 38.9 Å². The van der Waals surface area contributed by atoms with Crippen molar-refractivity contribution in [3.63, 3.8) is 0 Å². The summed E-state index contributed by atoms with van der Waals surface area (Å²) in [5.41, 5.74) is 2.62. The number of carbonyl (C=O) groups is 1. The second-order valence-corrected chi connectivity index (χ2v) is 7.19. The quantitative estimate of drug-likeness (QED) is 0.852. The third-order valence-corrected chi connectivity index (χ3v) is 4.80. The highest BCUT2D eigenvalue weighted by atomic mass is 32.1. The number of nitrogens with one attached hydrogen (secondary N) is 1. The van der Waals surface area contributed by atoms with E-state index in [1.54, 1.807) is 5.51 Å². The van der Waals surface area contributed by atoms with Crippen molar-refractivity contribution >= 4 is 23.1 Å². The highest BCUT2D eigenvalue weighted by Gasteiger charge is 2.45. The van der Waals surface area contributed by atoms with Crippen molar-refractivity contribution in [2.75, 3.05) is 6.54 Å². The minimum atomic E-state index is -0.842. The number of nitrogens with zero attached hydrogens (tertiary/aromatic N) is 3. The highest BCUT2D eigenvalue weighted by molar-refractivity contribution is 7.07. The summed E-state index contributed by atoms with van der Waals surface area (Å²) in [7, 11) is 0. The number of hydroxylamine groups is 2. The number of aromatic nitrogens is 1. The van der Waals surface area contributed by atoms with Crippen LogP contribution in [0.4, 0.5) is 0 Å². The molecule has 1 aromatic heterocycles. The molecule has 0 saturated carbocycles. The molecule has 0 bridgehead atoms. The van der Waals surface area contributed by atoms with Crippen LogP contribution in [-0.4, -0.2) is 45.8 Å². The van der Waals surface area contributed by atoms with Gasteiger partial charge in [0.15, 0.2) is 6.23 Å². The Labute approximate surface area is 139 Å². The first-order valence-electron chi connectivity index (χ1n) is 7.81. The zero-order valence-corrected chi connectivity index (χ0v) is 14.3. The summed E-state index contributed by atoms with van der Waals surface area (Å²) in [5, 5.41) is 16.3. The van der Waals surface area contributed by atoms with Crippen LogP contribution in [0.3, 0.4) is 0 Å². The molecule has 8 heteroatoms. The fourth-order valence-electron chi connectivity index (χ4n) is 3.11. The average Bonchev–Trinajstić information content (AvgIpc) is 3.17. The number of hydrogen-bond acceptors (Lipinski definition) is 7. The van der Waals surface area contributed by atoms with E-state index < -0.39 is 12.0 Å². The molecular weight excluding hydrogens is 316 g/mol. The lowest BCUT2D eigenvalue weighted by Gasteiger charge is -2.24. The lowest BCUT2D eigenvalue weighted by atomic mass is 9.95. The van der Waals surface area contributed by atoms with Crippen LogP contribution in [0.2, 0.25) is 0 Å². The molecule has 2 aliphatic heterocycles. The van der Waals surface area contributed by atoms with E-state index in [1.165, 1.54) is 11.3 Å². The van der Waals surface area contributed by atoms with Gasteiger partial charge in [-0.1, -0.05) is 13.8 Å². The summed E-state index contributed by atoms with van der Waals surface area (Å²) in [6.45, 7) is 6.95. The third kappa shape index (κ3) is 3.39. The van der Waals surface area contributed by atoms with E-state index in [-0.39, 0.29) is 18.2 Å². The first kappa shape index (κ1) is 16.4. The zero-order valence-electron chi connectivity index (χ0n) is 13.5. The van der Waals surface area contributed by atoms with Crippen LogP contribution in [0.25, 0.3) is 0 Å². The first-order chi connectivity index (χ1) is 11.0. The van der Waals surface area contributed by atoms with Crippen LogP contribution in [0.15, 0.2) is 15.9 Å². The molecule has 23 heavy (non-hydrogen) atoms. The van der Waals surface area contributed by atoms with Crippen molar-refractivity contribution in [3.05, 3.63) is 16.6 Å². The Morgan fingerprint density at radius 1 is 1.61 bits per heavy atom. The smallest absolute Gasteiger partial charge is 0.320 e. The van der Waals surface area contributed by atoms with Gasteiger partial charge in [-0.15, -0.1) is 11.3 Å². The summed E-state index contributed by atoms with van der Waals surface area (Å²) in [4.78, 5) is 26.3. The Kier molecular flexibility index (Phi) is 4.65. The monoisotopic (exact) mass is 338 g/mol. The van der Waals surface area contributed by atoms with Gasteiger partial charge >= 0.3 is 5.97 Å². The SMILES string of the molecule is CC1=NC([C@@H]2C[C@@H](C(=O)O)N[C@H]2c2cscn2)ON1CC(C)C. The van der Waals surface area contributed by atoms with Crippen LogP contribution in [0, 0.1) is 11.8 Å². The van der Waals surface area contributed by atoms with E-state index in [0.29, 0.717) is 12.3 Å². The predicted octanol–water partition coefficient (Wildman–Crippen LogP) is 1.89. The molecule has 1 aromatic rings. The predicted molar refractivity (Wildman–Crippen MR) is 87.0 cm³/mol. The molecule has 0 spiro atoms. The van der Waals surface area contributed by atoms with Gasteiger partial charge in [0.1, 0.15) is 11.9 Å². The lowest BCUT2D eigenvalue weighted by molar-refractivity contribution is -0.147. The minimum Gasteiger partial charge on any atom is -0.480 e. The van der Waals surface area contributed by atoms with Crippen molar-refractivity contribution in [3.8, 4) is 0 Å². The molecule has 1 unspecified atom stereocenters. The fraction of sp³-hybridized carbons (Fsp3) is 0.667. The van der Waals surface area contributed by atoms with Gasteiger partial charge in [-0.3, -0.25) is 10.1 Å². The first-order valence-corrected chi connectivity index (χ1v) is 8.75.